The minimum absolute atomic E-state index is 0.264. The maximum absolute atomic E-state index is 13.2. The summed E-state index contributed by atoms with van der Waals surface area (Å²) in [6, 6.07) is 14.5. The Kier molecular flexibility index (Phi) is 9.39. The molecule has 39 heavy (non-hydrogen) atoms. The molecule has 0 bridgehead atoms. The second-order valence-electron chi connectivity index (χ2n) is 9.82. The lowest BCUT2D eigenvalue weighted by Crippen LogP contribution is -2.56. The summed E-state index contributed by atoms with van der Waals surface area (Å²) in [5, 5.41) is 17.7. The van der Waals surface area contributed by atoms with Crippen molar-refractivity contribution >= 4 is 34.9 Å². The molecule has 1 aromatic carbocycles. The minimum Gasteiger partial charge on any atom is -0.478 e. The summed E-state index contributed by atoms with van der Waals surface area (Å²) < 4.78 is 12.1. The van der Waals surface area contributed by atoms with Crippen molar-refractivity contribution in [1.29, 1.82) is 0 Å². The molecule has 4 heterocycles. The highest BCUT2D eigenvalue weighted by Crippen LogP contribution is 2.40. The van der Waals surface area contributed by atoms with Crippen LogP contribution in [-0.2, 0) is 29.6 Å². The van der Waals surface area contributed by atoms with Crippen molar-refractivity contribution < 1.29 is 34.1 Å². The number of carboxylic acids is 2. The molecule has 0 aliphatic carbocycles. The number of likely N-dealkylation sites (N-methyl/N-ethyl adjacent to an activating group) is 1. The van der Waals surface area contributed by atoms with Gasteiger partial charge in [-0.05, 0) is 49.4 Å². The maximum atomic E-state index is 13.2. The lowest BCUT2D eigenvalue weighted by atomic mass is 9.85. The average Bonchev–Trinajstić information content (AvgIpc) is 3.69. The van der Waals surface area contributed by atoms with E-state index in [-0.39, 0.29) is 5.91 Å². The van der Waals surface area contributed by atoms with Crippen molar-refractivity contribution in [3.05, 3.63) is 64.9 Å². The van der Waals surface area contributed by atoms with Crippen LogP contribution < -0.4 is 4.90 Å². The van der Waals surface area contributed by atoms with Crippen LogP contribution in [0.25, 0.3) is 0 Å². The standard InChI is InChI=1S/C24H31N3O3S.C4H4O4/c1-25-19-27(20-7-3-2-4-8-20)23(22(25)28)11-14-26(15-12-23)13-6-10-24(29-16-17-30-24)21-9-5-18-31-21;5-3(6)1-2-4(7)8/h2-5,7-9,18H,6,10-17,19H2,1H3;1-2H,(H,5,6)(H,7,8). The van der Waals surface area contributed by atoms with Crippen LogP contribution in [0.2, 0.25) is 0 Å². The molecule has 2 aromatic rings. The maximum Gasteiger partial charge on any atom is 0.328 e. The van der Waals surface area contributed by atoms with Gasteiger partial charge in [0.05, 0.1) is 24.8 Å². The average molecular weight is 558 g/mol. The van der Waals surface area contributed by atoms with E-state index in [0.29, 0.717) is 32.0 Å². The lowest BCUT2D eigenvalue weighted by molar-refractivity contribution is -0.169. The smallest absolute Gasteiger partial charge is 0.328 e. The number of hydrogen-bond acceptors (Lipinski definition) is 8. The first-order chi connectivity index (χ1) is 18.8. The van der Waals surface area contributed by atoms with E-state index in [1.54, 1.807) is 11.3 Å². The van der Waals surface area contributed by atoms with Crippen molar-refractivity contribution in [1.82, 2.24) is 9.80 Å². The van der Waals surface area contributed by atoms with Crippen LogP contribution in [0, 0.1) is 0 Å². The molecule has 0 saturated carbocycles. The number of carbonyl (C=O) groups is 3. The van der Waals surface area contributed by atoms with Crippen LogP contribution in [0.15, 0.2) is 60.0 Å². The first-order valence-corrected chi connectivity index (χ1v) is 13.9. The molecule has 1 amide bonds. The number of benzene rings is 1. The Balaban J connectivity index is 0.000000386. The highest BCUT2D eigenvalue weighted by Gasteiger charge is 2.52. The third-order valence-electron chi connectivity index (χ3n) is 7.37. The molecule has 210 valence electrons. The highest BCUT2D eigenvalue weighted by atomic mass is 32.1. The van der Waals surface area contributed by atoms with Crippen LogP contribution in [-0.4, -0.2) is 90.0 Å². The van der Waals surface area contributed by atoms with Gasteiger partial charge in [-0.3, -0.25) is 4.79 Å². The van der Waals surface area contributed by atoms with Crippen molar-refractivity contribution in [3.63, 3.8) is 0 Å². The molecule has 0 unspecified atom stereocenters. The number of thiophene rings is 1. The second-order valence-corrected chi connectivity index (χ2v) is 10.8. The van der Waals surface area contributed by atoms with Gasteiger partial charge in [0.15, 0.2) is 0 Å². The number of likely N-dealkylation sites (tertiary alicyclic amines) is 1. The van der Waals surface area contributed by atoms with Gasteiger partial charge in [0, 0.05) is 44.4 Å². The van der Waals surface area contributed by atoms with E-state index < -0.39 is 23.3 Å². The zero-order valence-corrected chi connectivity index (χ0v) is 22.8. The Bertz CT molecular complexity index is 1130. The van der Waals surface area contributed by atoms with Gasteiger partial charge in [-0.15, -0.1) is 11.3 Å². The Hall–Kier alpha value is -3.25. The Morgan fingerprint density at radius 3 is 2.21 bits per heavy atom. The van der Waals surface area contributed by atoms with E-state index in [4.69, 9.17) is 19.7 Å². The Morgan fingerprint density at radius 1 is 1.00 bits per heavy atom. The molecule has 0 radical (unpaired) electrons. The molecule has 3 saturated heterocycles. The third kappa shape index (κ3) is 6.67. The molecule has 11 heteroatoms. The van der Waals surface area contributed by atoms with Gasteiger partial charge in [0.1, 0.15) is 5.54 Å². The van der Waals surface area contributed by atoms with Crippen molar-refractivity contribution in [3.8, 4) is 0 Å². The first-order valence-electron chi connectivity index (χ1n) is 13.0. The molecule has 5 rings (SSSR count). The van der Waals surface area contributed by atoms with Gasteiger partial charge in [-0.2, -0.15) is 0 Å². The van der Waals surface area contributed by atoms with Crippen molar-refractivity contribution in [2.45, 2.75) is 37.0 Å². The summed E-state index contributed by atoms with van der Waals surface area (Å²) in [7, 11) is 1.92. The number of carboxylic acid groups (broad SMARTS) is 2. The molecular formula is C28H35N3O7S. The molecule has 10 nitrogen and oxygen atoms in total. The normalized spacial score (nSPS) is 20.4. The molecule has 0 atom stereocenters. The van der Waals surface area contributed by atoms with Gasteiger partial charge in [0.25, 0.3) is 0 Å². The predicted octanol–water partition coefficient (Wildman–Crippen LogP) is 3.21. The molecule has 2 N–H and O–H groups in total. The largest absolute Gasteiger partial charge is 0.478 e. The summed E-state index contributed by atoms with van der Waals surface area (Å²) in [5.41, 5.74) is 0.740. The number of anilines is 1. The molecule has 3 aliphatic rings. The fourth-order valence-corrected chi connectivity index (χ4v) is 6.35. The van der Waals surface area contributed by atoms with Crippen molar-refractivity contribution in [2.75, 3.05) is 51.5 Å². The molecule has 1 aromatic heterocycles. The number of aliphatic carboxylic acids is 2. The minimum atomic E-state index is -1.26. The molecule has 3 fully saturated rings. The molecule has 3 aliphatic heterocycles. The van der Waals surface area contributed by atoms with Crippen LogP contribution in [0.4, 0.5) is 5.69 Å². The fourth-order valence-electron chi connectivity index (χ4n) is 5.49. The molecule has 1 spiro atoms. The number of nitrogens with zero attached hydrogens (tertiary/aromatic N) is 3. The zero-order valence-electron chi connectivity index (χ0n) is 22.0. The predicted molar refractivity (Wildman–Crippen MR) is 147 cm³/mol. The Morgan fingerprint density at radius 2 is 1.64 bits per heavy atom. The zero-order chi connectivity index (χ0) is 27.9. The topological polar surface area (TPSA) is 120 Å². The summed E-state index contributed by atoms with van der Waals surface area (Å²) in [4.78, 5) is 40.1. The number of para-hydroxylation sites is 1. The van der Waals surface area contributed by atoms with Gasteiger partial charge in [-0.25, -0.2) is 9.59 Å². The van der Waals surface area contributed by atoms with Gasteiger partial charge in [-0.1, -0.05) is 24.3 Å². The van der Waals surface area contributed by atoms with Gasteiger partial charge in [0.2, 0.25) is 11.7 Å². The number of amides is 1. The summed E-state index contributed by atoms with van der Waals surface area (Å²) in [6.45, 7) is 4.88. The van der Waals surface area contributed by atoms with E-state index in [1.165, 1.54) is 4.88 Å². The number of carbonyl (C=O) groups excluding carboxylic acids is 1. The lowest BCUT2D eigenvalue weighted by Gasteiger charge is -2.43. The van der Waals surface area contributed by atoms with E-state index in [1.807, 2.05) is 18.0 Å². The summed E-state index contributed by atoms with van der Waals surface area (Å²) in [6.07, 6.45) is 4.74. The fraction of sp³-hybridized carbons (Fsp3) is 0.464. The quantitative estimate of drug-likeness (QED) is 0.472. The Labute approximate surface area is 232 Å². The number of ether oxygens (including phenoxy) is 2. The van der Waals surface area contributed by atoms with E-state index in [2.05, 4.69) is 51.6 Å². The number of piperidine rings is 1. The van der Waals surface area contributed by atoms with Crippen LogP contribution in [0.3, 0.4) is 0 Å². The molecular weight excluding hydrogens is 522 g/mol. The monoisotopic (exact) mass is 557 g/mol. The van der Waals surface area contributed by atoms with Gasteiger partial charge < -0.3 is 34.4 Å². The van der Waals surface area contributed by atoms with Crippen LogP contribution in [0.5, 0.6) is 0 Å². The summed E-state index contributed by atoms with van der Waals surface area (Å²) in [5.74, 6) is -2.81. The first kappa shape index (κ1) is 28.8. The van der Waals surface area contributed by atoms with E-state index in [9.17, 15) is 14.4 Å². The number of rotatable bonds is 8. The van der Waals surface area contributed by atoms with E-state index in [0.717, 1.165) is 51.0 Å². The van der Waals surface area contributed by atoms with E-state index >= 15 is 0 Å². The summed E-state index contributed by atoms with van der Waals surface area (Å²) >= 11 is 1.70. The van der Waals surface area contributed by atoms with Crippen molar-refractivity contribution in [2.24, 2.45) is 0 Å². The number of hydrogen-bond donors (Lipinski definition) is 2. The van der Waals surface area contributed by atoms with Crippen LogP contribution >= 0.6 is 11.3 Å². The van der Waals surface area contributed by atoms with Gasteiger partial charge >= 0.3 is 11.9 Å². The third-order valence-corrected chi connectivity index (χ3v) is 8.36. The van der Waals surface area contributed by atoms with Crippen LogP contribution in [0.1, 0.15) is 30.6 Å². The highest BCUT2D eigenvalue weighted by molar-refractivity contribution is 7.10. The second kappa shape index (κ2) is 12.7. The SMILES string of the molecule is CN1CN(c2ccccc2)C2(CCN(CCCC3(c4cccs4)OCCO3)CC2)C1=O.O=C(O)C=CC(=O)O.